The zero-order valence-corrected chi connectivity index (χ0v) is 21.8. The maximum absolute atomic E-state index is 13.4. The molecule has 1 saturated heterocycles. The van der Waals surface area contributed by atoms with Crippen LogP contribution in [-0.4, -0.2) is 30.9 Å². The van der Waals surface area contributed by atoms with Crippen LogP contribution < -0.4 is 5.32 Å². The van der Waals surface area contributed by atoms with E-state index in [1.54, 1.807) is 6.07 Å². The minimum absolute atomic E-state index is 0. The van der Waals surface area contributed by atoms with Gasteiger partial charge in [-0.25, -0.2) is 0 Å². The van der Waals surface area contributed by atoms with Crippen LogP contribution in [-0.2, 0) is 38.2 Å². The monoisotopic (exact) mass is 655 g/mol. The largest absolute Gasteiger partial charge is 0.416 e. The van der Waals surface area contributed by atoms with Crippen molar-refractivity contribution in [2.75, 3.05) is 20.1 Å². The van der Waals surface area contributed by atoms with Crippen molar-refractivity contribution in [2.24, 2.45) is 5.92 Å². The third kappa shape index (κ3) is 6.22. The van der Waals surface area contributed by atoms with E-state index in [1.165, 1.54) is 18.9 Å². The third-order valence-corrected chi connectivity index (χ3v) is 6.33. The number of hydrogen-bond donors (Lipinski definition) is 1. The number of carbonyl (C=O) groups is 1. The summed E-state index contributed by atoms with van der Waals surface area (Å²) in [4.78, 5) is 14.7. The molecule has 0 bridgehead atoms. The van der Waals surface area contributed by atoms with Gasteiger partial charge in [-0.3, -0.25) is 4.79 Å². The summed E-state index contributed by atoms with van der Waals surface area (Å²) in [5.74, 6) is -0.928. The Hall–Kier alpha value is -1.86. The molecule has 10 heteroatoms. The molecule has 34 heavy (non-hydrogen) atoms. The fourth-order valence-electron chi connectivity index (χ4n) is 4.32. The van der Waals surface area contributed by atoms with E-state index >= 15 is 0 Å². The van der Waals surface area contributed by atoms with Crippen LogP contribution in [0.5, 0.6) is 0 Å². The second-order valence-corrected chi connectivity index (χ2v) is 8.45. The van der Waals surface area contributed by atoms with Gasteiger partial charge in [0.15, 0.2) is 0 Å². The quantitative estimate of drug-likeness (QED) is 0.337. The first-order valence-corrected chi connectivity index (χ1v) is 10.5. The van der Waals surface area contributed by atoms with Gasteiger partial charge < -0.3 is 10.2 Å². The molecule has 186 valence electrons. The average Bonchev–Trinajstić information content (AvgIpc) is 2.76. The second-order valence-electron chi connectivity index (χ2n) is 8.45. The van der Waals surface area contributed by atoms with Crippen LogP contribution >= 0.6 is 0 Å². The Balaban J connectivity index is 0.00000408. The van der Waals surface area contributed by atoms with E-state index in [0.29, 0.717) is 31.6 Å². The van der Waals surface area contributed by atoms with Crippen LogP contribution in [0.1, 0.15) is 53.1 Å². The summed E-state index contributed by atoms with van der Waals surface area (Å²) < 4.78 is 79.6. The van der Waals surface area contributed by atoms with Gasteiger partial charge >= 0.3 is 12.4 Å². The van der Waals surface area contributed by atoms with Crippen molar-refractivity contribution in [2.45, 2.75) is 44.6 Å². The number of piperidine rings is 1. The van der Waals surface area contributed by atoms with E-state index in [0.717, 1.165) is 11.1 Å². The number of nitrogens with zero attached hydrogens (tertiary/aromatic N) is 1. The minimum atomic E-state index is -4.94. The molecule has 3 nitrogen and oxygen atoms in total. The number of carbonyl (C=O) groups excluding carboxylic acids is 1. The fraction of sp³-hybridized carbons (Fsp3) is 0.458. The molecule has 0 aromatic heterocycles. The molecular formula is C24H25F6N2OW-. The predicted octanol–water partition coefficient (Wildman–Crippen LogP) is 5.74. The second kappa shape index (κ2) is 10.8. The van der Waals surface area contributed by atoms with Gasteiger partial charge in [-0.05, 0) is 49.6 Å². The van der Waals surface area contributed by atoms with E-state index in [-0.39, 0.29) is 44.5 Å². The molecule has 2 aromatic carbocycles. The van der Waals surface area contributed by atoms with Crippen LogP contribution in [0.15, 0.2) is 36.4 Å². The standard InChI is InChI=1S/C24H25F6N2O.W/c1-14-6-4-5-7-19(14)21-13-31-9-8-20(21)22(33)32(3)15(2)16-10-17(23(25,26)27)12-18(11-16)24(28,29)30;/h5-7,10-12,15,20-21,31H,8-9,13H2,1-3H3;/q-1;. The third-order valence-electron chi connectivity index (χ3n) is 6.33. The number of hydrogen-bond acceptors (Lipinski definition) is 2. The van der Waals surface area contributed by atoms with E-state index < -0.39 is 35.4 Å². The first kappa shape index (κ1) is 28.4. The SMILES string of the molecule is Cc1c[c-]ccc1C1CNCCC1C(=O)N(C)C(C)c1cc(C(F)(F)F)cc(C(F)(F)F)c1.[W]. The molecule has 0 saturated carbocycles. The molecule has 1 N–H and O–H groups in total. The zero-order valence-electron chi connectivity index (χ0n) is 18.8. The molecule has 1 fully saturated rings. The summed E-state index contributed by atoms with van der Waals surface area (Å²) in [6.07, 6.45) is -9.38. The maximum atomic E-state index is 13.4. The maximum Gasteiger partial charge on any atom is 0.416 e. The number of aryl methyl sites for hydroxylation is 1. The summed E-state index contributed by atoms with van der Waals surface area (Å²) in [5, 5.41) is 3.26. The van der Waals surface area contributed by atoms with Crippen molar-refractivity contribution in [3.8, 4) is 0 Å². The van der Waals surface area contributed by atoms with Gasteiger partial charge in [-0.1, -0.05) is 6.92 Å². The van der Waals surface area contributed by atoms with Crippen molar-refractivity contribution in [1.29, 1.82) is 0 Å². The number of amides is 1. The normalized spacial score (nSPS) is 19.8. The van der Waals surface area contributed by atoms with Crippen molar-refractivity contribution in [1.82, 2.24) is 10.2 Å². The van der Waals surface area contributed by atoms with Gasteiger partial charge in [-0.15, -0.1) is 5.56 Å². The van der Waals surface area contributed by atoms with Gasteiger partial charge in [0.05, 0.1) is 17.2 Å². The summed E-state index contributed by atoms with van der Waals surface area (Å²) in [5.41, 5.74) is -1.07. The Labute approximate surface area is 209 Å². The number of benzene rings is 2. The van der Waals surface area contributed by atoms with Crippen LogP contribution in [0.2, 0.25) is 0 Å². The smallest absolute Gasteiger partial charge is 0.339 e. The average molecular weight is 655 g/mol. The molecular weight excluding hydrogens is 630 g/mol. The molecule has 1 heterocycles. The predicted molar refractivity (Wildman–Crippen MR) is 111 cm³/mol. The number of nitrogens with one attached hydrogen (secondary N) is 1. The topological polar surface area (TPSA) is 32.3 Å². The Bertz CT molecular complexity index is 975. The Morgan fingerprint density at radius 2 is 1.71 bits per heavy atom. The van der Waals surface area contributed by atoms with Gasteiger partial charge in [0.2, 0.25) is 5.91 Å². The van der Waals surface area contributed by atoms with E-state index in [2.05, 4.69) is 11.4 Å². The molecule has 3 unspecified atom stereocenters. The zero-order chi connectivity index (χ0) is 24.6. The number of halogens is 6. The molecule has 3 rings (SSSR count). The van der Waals surface area contributed by atoms with Crippen LogP contribution in [0.25, 0.3) is 0 Å². The van der Waals surface area contributed by atoms with Gasteiger partial charge in [0, 0.05) is 40.6 Å². The fourth-order valence-corrected chi connectivity index (χ4v) is 4.32. The van der Waals surface area contributed by atoms with Gasteiger partial charge in [-0.2, -0.15) is 56.2 Å². The molecule has 0 spiro atoms. The number of alkyl halides is 6. The van der Waals surface area contributed by atoms with Crippen molar-refractivity contribution in [3.05, 3.63) is 70.3 Å². The van der Waals surface area contributed by atoms with E-state index in [1.807, 2.05) is 19.1 Å². The van der Waals surface area contributed by atoms with Crippen LogP contribution in [0.4, 0.5) is 26.3 Å². The van der Waals surface area contributed by atoms with E-state index in [4.69, 9.17) is 0 Å². The Kier molecular flexibility index (Phi) is 9.03. The van der Waals surface area contributed by atoms with Gasteiger partial charge in [0.1, 0.15) is 0 Å². The summed E-state index contributed by atoms with van der Waals surface area (Å²) >= 11 is 0. The Morgan fingerprint density at radius 1 is 1.12 bits per heavy atom. The van der Waals surface area contributed by atoms with Crippen molar-refractivity contribution in [3.63, 3.8) is 0 Å². The molecule has 2 aromatic rings. The molecule has 0 aliphatic carbocycles. The van der Waals surface area contributed by atoms with Crippen molar-refractivity contribution < 1.29 is 52.2 Å². The molecule has 1 amide bonds. The Morgan fingerprint density at radius 3 is 2.24 bits per heavy atom. The molecule has 3 atom stereocenters. The summed E-state index contributed by atoms with van der Waals surface area (Å²) in [6, 6.07) is 8.92. The summed E-state index contributed by atoms with van der Waals surface area (Å²) in [7, 11) is 1.42. The van der Waals surface area contributed by atoms with Crippen LogP contribution in [0.3, 0.4) is 0 Å². The molecule has 1 aliphatic rings. The molecule has 0 radical (unpaired) electrons. The van der Waals surface area contributed by atoms with E-state index in [9.17, 15) is 31.1 Å². The first-order chi connectivity index (χ1) is 15.3. The summed E-state index contributed by atoms with van der Waals surface area (Å²) in [6.45, 7) is 4.49. The van der Waals surface area contributed by atoms with Gasteiger partial charge in [0.25, 0.3) is 0 Å². The van der Waals surface area contributed by atoms with Crippen molar-refractivity contribution >= 4 is 5.91 Å². The molecule has 1 aliphatic heterocycles. The van der Waals surface area contributed by atoms with Crippen LogP contribution in [0, 0.1) is 18.9 Å². The first-order valence-electron chi connectivity index (χ1n) is 10.5. The number of rotatable bonds is 4. The minimum Gasteiger partial charge on any atom is -0.339 e.